The van der Waals surface area contributed by atoms with Crippen LogP contribution in [0.5, 0.6) is 5.75 Å². The quantitative estimate of drug-likeness (QED) is 0.508. The van der Waals surface area contributed by atoms with E-state index in [2.05, 4.69) is 4.98 Å². The Kier molecular flexibility index (Phi) is 6.40. The minimum atomic E-state index is -2.71. The smallest absolute Gasteiger partial charge is 0.190 e. The van der Waals surface area contributed by atoms with E-state index in [-0.39, 0.29) is 30.1 Å². The number of nitrogens with zero attached hydrogens (tertiary/aromatic N) is 1. The zero-order chi connectivity index (χ0) is 31.2. The number of benzene rings is 1. The van der Waals surface area contributed by atoms with Crippen molar-refractivity contribution < 1.29 is 34.2 Å². The molecule has 1 heterocycles. The van der Waals surface area contributed by atoms with Crippen molar-refractivity contribution in [3.63, 3.8) is 0 Å². The number of Topliss-reactive ketones (excluding diaryl/α,β-unsaturated/α-hetero) is 5. The van der Waals surface area contributed by atoms with Crippen molar-refractivity contribution in [2.24, 2.45) is 34.5 Å². The van der Waals surface area contributed by atoms with Crippen LogP contribution in [-0.4, -0.2) is 49.7 Å². The van der Waals surface area contributed by atoms with Crippen molar-refractivity contribution in [1.29, 1.82) is 0 Å². The molecule has 2 saturated carbocycles. The molecule has 2 fully saturated rings. The average Bonchev–Trinajstić information content (AvgIpc) is 3.46. The molecule has 43 heavy (non-hydrogen) atoms. The van der Waals surface area contributed by atoms with Gasteiger partial charge in [0.05, 0.1) is 17.2 Å². The van der Waals surface area contributed by atoms with Gasteiger partial charge < -0.3 is 10.2 Å². The summed E-state index contributed by atoms with van der Waals surface area (Å²) in [5, 5.41) is 23.1. The van der Waals surface area contributed by atoms with Crippen LogP contribution >= 0.6 is 0 Å². The number of phenolic OH excluding ortho intramolecular Hbond substituents is 1. The summed E-state index contributed by atoms with van der Waals surface area (Å²) < 4.78 is 0. The molecule has 0 saturated heterocycles. The third-order valence-corrected chi connectivity index (χ3v) is 10.4. The summed E-state index contributed by atoms with van der Waals surface area (Å²) in [6.07, 6.45) is 9.91. The Balaban J connectivity index is 1.50. The molecule has 0 amide bonds. The predicted octanol–water partition coefficient (Wildman–Crippen LogP) is 4.36. The number of aromatic nitrogens is 1. The molecule has 8 nitrogen and oxygen atoms in total. The lowest BCUT2D eigenvalue weighted by Gasteiger charge is -2.61. The van der Waals surface area contributed by atoms with E-state index in [9.17, 15) is 34.2 Å². The third kappa shape index (κ3) is 3.78. The summed E-state index contributed by atoms with van der Waals surface area (Å²) in [5.74, 6) is -8.95. The Labute approximate surface area is 249 Å². The van der Waals surface area contributed by atoms with E-state index in [4.69, 9.17) is 0 Å². The standard InChI is InChI=1S/C35H35NO7/c1-17(2)27-29(39)25(18(3)37)31(41)35(43)32(42)28-30(40)26-22(14-33(28,4)16-34(27,35)5)21(11-13-24(26)38)20-10-12-23(36-15-20)19-8-6-7-9-19/h6-13,15,17,19,25,27-28,38,43H,14,16H2,1-5H3/t25?,27?,28?,33-,34-,35+/m1/s1. The maximum atomic E-state index is 14.4. The maximum absolute atomic E-state index is 14.4. The van der Waals surface area contributed by atoms with Crippen LogP contribution in [0.2, 0.25) is 0 Å². The first-order valence-electron chi connectivity index (χ1n) is 14.7. The number of phenols is 1. The normalized spacial score (nSPS) is 33.5. The zero-order valence-electron chi connectivity index (χ0n) is 24.9. The second-order valence-corrected chi connectivity index (χ2v) is 13.6. The SMILES string of the molecule is CC(=O)C1C(=O)C(C(C)C)[C@@]2(C)C[C@@]3(C)Cc4c(-c5ccc(C6C=CC=C6)nc5)ccc(O)c4C(=O)C3C(=O)[C@@]2(O)C1=O. The number of hydrogen-bond donors (Lipinski definition) is 2. The topological polar surface area (TPSA) is 139 Å². The van der Waals surface area contributed by atoms with Gasteiger partial charge in [0.25, 0.3) is 0 Å². The number of pyridine rings is 1. The molecule has 8 heteroatoms. The Hall–Kier alpha value is -4.04. The summed E-state index contributed by atoms with van der Waals surface area (Å²) in [6, 6.07) is 6.96. The van der Waals surface area contributed by atoms with Gasteiger partial charge in [-0.3, -0.25) is 29.0 Å². The molecule has 6 rings (SSSR count). The molecule has 0 spiro atoms. The largest absolute Gasteiger partial charge is 0.507 e. The summed E-state index contributed by atoms with van der Waals surface area (Å²) >= 11 is 0. The van der Waals surface area contributed by atoms with E-state index in [0.29, 0.717) is 11.1 Å². The van der Waals surface area contributed by atoms with Crippen molar-refractivity contribution >= 4 is 28.9 Å². The number of fused-ring (bicyclic) bond motifs is 3. The molecule has 2 N–H and O–H groups in total. The molecule has 2 aromatic rings. The van der Waals surface area contributed by atoms with Gasteiger partial charge in [-0.2, -0.15) is 0 Å². The van der Waals surface area contributed by atoms with Crippen molar-refractivity contribution in [2.45, 2.75) is 59.0 Å². The number of ketones is 5. The van der Waals surface area contributed by atoms with Crippen molar-refractivity contribution in [3.8, 4) is 16.9 Å². The van der Waals surface area contributed by atoms with Gasteiger partial charge >= 0.3 is 0 Å². The monoisotopic (exact) mass is 581 g/mol. The molecule has 6 atom stereocenters. The first kappa shape index (κ1) is 29.1. The number of carbonyl (C=O) groups excluding carboxylic acids is 5. The highest BCUT2D eigenvalue weighted by atomic mass is 16.3. The molecular formula is C35H35NO7. The summed E-state index contributed by atoms with van der Waals surface area (Å²) in [5.41, 5.74) is -2.53. The maximum Gasteiger partial charge on any atom is 0.190 e. The zero-order valence-corrected chi connectivity index (χ0v) is 24.9. The number of aromatic hydroxyl groups is 1. The van der Waals surface area contributed by atoms with Crippen LogP contribution < -0.4 is 0 Å². The number of rotatable bonds is 4. The average molecular weight is 582 g/mol. The molecule has 1 aromatic heterocycles. The van der Waals surface area contributed by atoms with Gasteiger partial charge in [0.15, 0.2) is 28.7 Å². The van der Waals surface area contributed by atoms with E-state index in [0.717, 1.165) is 18.2 Å². The Morgan fingerprint density at radius 3 is 2.26 bits per heavy atom. The molecule has 222 valence electrons. The summed E-state index contributed by atoms with van der Waals surface area (Å²) in [6.45, 7) is 7.99. The van der Waals surface area contributed by atoms with Crippen LogP contribution in [-0.2, 0) is 25.6 Å². The molecule has 4 aliphatic rings. The molecule has 1 aromatic carbocycles. The van der Waals surface area contributed by atoms with E-state index in [1.54, 1.807) is 40.0 Å². The highest BCUT2D eigenvalue weighted by molar-refractivity contribution is 6.32. The van der Waals surface area contributed by atoms with Gasteiger partial charge in [-0.1, -0.05) is 64.1 Å². The Morgan fingerprint density at radius 1 is 1.00 bits per heavy atom. The lowest BCUT2D eigenvalue weighted by atomic mass is 9.40. The first-order chi connectivity index (χ1) is 20.2. The van der Waals surface area contributed by atoms with Gasteiger partial charge in [-0.25, -0.2) is 0 Å². The highest BCUT2D eigenvalue weighted by Crippen LogP contribution is 2.64. The summed E-state index contributed by atoms with van der Waals surface area (Å²) in [4.78, 5) is 73.3. The van der Waals surface area contributed by atoms with Crippen LogP contribution in [0.25, 0.3) is 11.1 Å². The fourth-order valence-electron chi connectivity index (χ4n) is 8.80. The minimum absolute atomic E-state index is 0.00959. The van der Waals surface area contributed by atoms with Crippen molar-refractivity contribution in [3.05, 3.63) is 71.6 Å². The van der Waals surface area contributed by atoms with Crippen molar-refractivity contribution in [1.82, 2.24) is 4.98 Å². The molecule has 4 aliphatic carbocycles. The number of carbonyl (C=O) groups is 5. The second kappa shape index (κ2) is 9.48. The van der Waals surface area contributed by atoms with Gasteiger partial charge in [0, 0.05) is 29.0 Å². The number of hydrogen-bond acceptors (Lipinski definition) is 8. The number of aliphatic hydroxyl groups is 1. The van der Waals surface area contributed by atoms with Crippen LogP contribution in [0.1, 0.15) is 68.6 Å². The molecule has 0 bridgehead atoms. The highest BCUT2D eigenvalue weighted by Gasteiger charge is 2.76. The fraction of sp³-hybridized carbons (Fsp3) is 0.429. The lowest BCUT2D eigenvalue weighted by molar-refractivity contribution is -0.205. The van der Waals surface area contributed by atoms with Gasteiger partial charge in [0.1, 0.15) is 17.5 Å². The van der Waals surface area contributed by atoms with Crippen LogP contribution in [0.4, 0.5) is 0 Å². The fourth-order valence-corrected chi connectivity index (χ4v) is 8.80. The van der Waals surface area contributed by atoms with Gasteiger partial charge in [-0.05, 0) is 54.4 Å². The van der Waals surface area contributed by atoms with Crippen LogP contribution in [0.15, 0.2) is 54.8 Å². The molecule has 0 aliphatic heterocycles. The van der Waals surface area contributed by atoms with E-state index < -0.39 is 69.0 Å². The van der Waals surface area contributed by atoms with E-state index in [1.165, 1.54) is 6.07 Å². The Morgan fingerprint density at radius 2 is 1.67 bits per heavy atom. The van der Waals surface area contributed by atoms with Crippen LogP contribution in [0.3, 0.4) is 0 Å². The molecule has 0 radical (unpaired) electrons. The molecular weight excluding hydrogens is 546 g/mol. The first-order valence-corrected chi connectivity index (χ1v) is 14.7. The second-order valence-electron chi connectivity index (χ2n) is 13.6. The minimum Gasteiger partial charge on any atom is -0.507 e. The Bertz CT molecular complexity index is 1670. The van der Waals surface area contributed by atoms with Gasteiger partial charge in [0.2, 0.25) is 0 Å². The molecule has 3 unspecified atom stereocenters. The number of allylic oxidation sites excluding steroid dienone is 4. The van der Waals surface area contributed by atoms with E-state index >= 15 is 0 Å². The lowest BCUT2D eigenvalue weighted by Crippen LogP contribution is -2.76. The summed E-state index contributed by atoms with van der Waals surface area (Å²) in [7, 11) is 0. The van der Waals surface area contributed by atoms with E-state index in [1.807, 2.05) is 36.4 Å². The van der Waals surface area contributed by atoms with Crippen LogP contribution in [0, 0.1) is 34.5 Å². The van der Waals surface area contributed by atoms with Gasteiger partial charge in [-0.15, -0.1) is 0 Å². The van der Waals surface area contributed by atoms with Crippen molar-refractivity contribution in [2.75, 3.05) is 0 Å². The third-order valence-electron chi connectivity index (χ3n) is 10.4. The predicted molar refractivity (Wildman–Crippen MR) is 157 cm³/mol.